The molecule has 0 spiro atoms. The average molecular weight is 221 g/mol. The zero-order valence-corrected chi connectivity index (χ0v) is 9.80. The van der Waals surface area contributed by atoms with Crippen molar-refractivity contribution in [3.63, 3.8) is 0 Å². The zero-order chi connectivity index (χ0) is 10.7. The van der Waals surface area contributed by atoms with E-state index in [4.69, 9.17) is 4.74 Å². The highest BCUT2D eigenvalue weighted by Gasteiger charge is 2.12. The van der Waals surface area contributed by atoms with Crippen LogP contribution in [0, 0.1) is 0 Å². The Bertz CT molecular complexity index is 358. The minimum Gasteiger partial charge on any atom is -0.497 e. The second-order valence-corrected chi connectivity index (χ2v) is 5.07. The van der Waals surface area contributed by atoms with Crippen LogP contribution in [0.3, 0.4) is 0 Å². The SMILES string of the molecule is COc1ccc(NC2=CCC(C)S2)cc1. The lowest BCUT2D eigenvalue weighted by atomic mass is 10.3. The predicted molar refractivity (Wildman–Crippen MR) is 66.4 cm³/mol. The van der Waals surface area contributed by atoms with Crippen LogP contribution in [0.25, 0.3) is 0 Å². The molecule has 0 radical (unpaired) electrons. The molecular formula is C12H15NOS. The van der Waals surface area contributed by atoms with E-state index < -0.39 is 0 Å². The first-order valence-electron chi connectivity index (χ1n) is 5.06. The molecule has 1 aromatic rings. The quantitative estimate of drug-likeness (QED) is 0.844. The summed E-state index contributed by atoms with van der Waals surface area (Å²) in [6.45, 7) is 2.24. The molecule has 0 amide bonds. The maximum absolute atomic E-state index is 5.11. The predicted octanol–water partition coefficient (Wildman–Crippen LogP) is 3.47. The first kappa shape index (κ1) is 10.4. The van der Waals surface area contributed by atoms with E-state index in [0.29, 0.717) is 5.25 Å². The Morgan fingerprint density at radius 2 is 2.07 bits per heavy atom. The standard InChI is InChI=1S/C12H15NOS/c1-9-3-8-12(15-9)13-10-4-6-11(14-2)7-5-10/h4-9,13H,3H2,1-2H3. The second-order valence-electron chi connectivity index (χ2n) is 3.59. The van der Waals surface area contributed by atoms with Crippen molar-refractivity contribution in [2.24, 2.45) is 0 Å². The van der Waals surface area contributed by atoms with Crippen LogP contribution in [0.4, 0.5) is 5.69 Å². The van der Waals surface area contributed by atoms with Crippen LogP contribution in [-0.2, 0) is 0 Å². The van der Waals surface area contributed by atoms with E-state index >= 15 is 0 Å². The summed E-state index contributed by atoms with van der Waals surface area (Å²) in [5.41, 5.74) is 1.11. The highest BCUT2D eigenvalue weighted by molar-refractivity contribution is 8.04. The topological polar surface area (TPSA) is 21.3 Å². The van der Waals surface area contributed by atoms with Crippen molar-refractivity contribution in [1.82, 2.24) is 0 Å². The zero-order valence-electron chi connectivity index (χ0n) is 8.99. The molecular weight excluding hydrogens is 206 g/mol. The molecule has 80 valence electrons. The van der Waals surface area contributed by atoms with Crippen LogP contribution in [0.15, 0.2) is 35.4 Å². The maximum atomic E-state index is 5.11. The minimum absolute atomic E-state index is 0.700. The summed E-state index contributed by atoms with van der Waals surface area (Å²) in [4.78, 5) is 0. The molecule has 0 saturated carbocycles. The fourth-order valence-electron chi connectivity index (χ4n) is 1.48. The van der Waals surface area contributed by atoms with Gasteiger partial charge in [-0.25, -0.2) is 0 Å². The van der Waals surface area contributed by atoms with Crippen LogP contribution >= 0.6 is 11.8 Å². The molecule has 2 rings (SSSR count). The number of ether oxygens (including phenoxy) is 1. The fourth-order valence-corrected chi connectivity index (χ4v) is 2.48. The Balaban J connectivity index is 1.99. The van der Waals surface area contributed by atoms with Crippen molar-refractivity contribution in [2.75, 3.05) is 12.4 Å². The molecule has 0 aromatic heterocycles. The summed E-state index contributed by atoms with van der Waals surface area (Å²) in [5, 5.41) is 5.35. The summed E-state index contributed by atoms with van der Waals surface area (Å²) < 4.78 is 5.11. The normalized spacial score (nSPS) is 19.9. The minimum atomic E-state index is 0.700. The highest BCUT2D eigenvalue weighted by atomic mass is 32.2. The fraction of sp³-hybridized carbons (Fsp3) is 0.333. The van der Waals surface area contributed by atoms with Crippen LogP contribution in [0.2, 0.25) is 0 Å². The summed E-state index contributed by atoms with van der Waals surface area (Å²) in [6.07, 6.45) is 3.41. The summed E-state index contributed by atoms with van der Waals surface area (Å²) in [5.74, 6) is 0.891. The van der Waals surface area contributed by atoms with E-state index in [1.165, 1.54) is 5.03 Å². The van der Waals surface area contributed by atoms with Gasteiger partial charge in [0, 0.05) is 10.9 Å². The first-order chi connectivity index (χ1) is 7.28. The number of benzene rings is 1. The molecule has 1 aromatic carbocycles. The van der Waals surface area contributed by atoms with Crippen molar-refractivity contribution in [3.05, 3.63) is 35.4 Å². The molecule has 2 nitrogen and oxygen atoms in total. The Morgan fingerprint density at radius 1 is 1.33 bits per heavy atom. The van der Waals surface area contributed by atoms with E-state index in [1.54, 1.807) is 7.11 Å². The molecule has 0 aliphatic carbocycles. The van der Waals surface area contributed by atoms with Crippen molar-refractivity contribution in [3.8, 4) is 5.75 Å². The van der Waals surface area contributed by atoms with Gasteiger partial charge in [-0.15, -0.1) is 11.8 Å². The van der Waals surface area contributed by atoms with Gasteiger partial charge < -0.3 is 10.1 Å². The third-order valence-electron chi connectivity index (χ3n) is 2.32. The molecule has 0 saturated heterocycles. The molecule has 3 heteroatoms. The average Bonchev–Trinajstić information content (AvgIpc) is 2.65. The van der Waals surface area contributed by atoms with Gasteiger partial charge in [0.15, 0.2) is 0 Å². The van der Waals surface area contributed by atoms with Crippen molar-refractivity contribution in [2.45, 2.75) is 18.6 Å². The third-order valence-corrected chi connectivity index (χ3v) is 3.44. The van der Waals surface area contributed by atoms with Gasteiger partial charge in [-0.05, 0) is 30.7 Å². The number of allylic oxidation sites excluding steroid dienone is 1. The lowest BCUT2D eigenvalue weighted by Gasteiger charge is -2.08. The monoisotopic (exact) mass is 221 g/mol. The number of methoxy groups -OCH3 is 1. The number of hydrogen-bond donors (Lipinski definition) is 1. The number of thioether (sulfide) groups is 1. The van der Waals surface area contributed by atoms with E-state index in [0.717, 1.165) is 17.9 Å². The first-order valence-corrected chi connectivity index (χ1v) is 5.94. The van der Waals surface area contributed by atoms with Crippen LogP contribution < -0.4 is 10.1 Å². The molecule has 1 N–H and O–H groups in total. The molecule has 1 aliphatic rings. The van der Waals surface area contributed by atoms with Gasteiger partial charge in [0.1, 0.15) is 5.75 Å². The smallest absolute Gasteiger partial charge is 0.119 e. The molecule has 1 atom stereocenters. The van der Waals surface area contributed by atoms with Crippen molar-refractivity contribution in [1.29, 1.82) is 0 Å². The van der Waals surface area contributed by atoms with E-state index in [1.807, 2.05) is 36.0 Å². The van der Waals surface area contributed by atoms with Gasteiger partial charge in [-0.2, -0.15) is 0 Å². The van der Waals surface area contributed by atoms with Crippen LogP contribution in [0.1, 0.15) is 13.3 Å². The lowest BCUT2D eigenvalue weighted by Crippen LogP contribution is -1.94. The Hall–Kier alpha value is -1.09. The Morgan fingerprint density at radius 3 is 2.60 bits per heavy atom. The van der Waals surface area contributed by atoms with E-state index in [9.17, 15) is 0 Å². The molecule has 15 heavy (non-hydrogen) atoms. The van der Waals surface area contributed by atoms with Gasteiger partial charge in [0.05, 0.1) is 12.1 Å². The number of hydrogen-bond acceptors (Lipinski definition) is 3. The van der Waals surface area contributed by atoms with Crippen LogP contribution in [0.5, 0.6) is 5.75 Å². The van der Waals surface area contributed by atoms with Crippen molar-refractivity contribution < 1.29 is 4.74 Å². The van der Waals surface area contributed by atoms with E-state index in [-0.39, 0.29) is 0 Å². The number of nitrogens with one attached hydrogen (secondary N) is 1. The van der Waals surface area contributed by atoms with Gasteiger partial charge in [-0.3, -0.25) is 0 Å². The summed E-state index contributed by atoms with van der Waals surface area (Å²) in [6, 6.07) is 7.99. The molecule has 1 aliphatic heterocycles. The van der Waals surface area contributed by atoms with Gasteiger partial charge in [0.2, 0.25) is 0 Å². The largest absolute Gasteiger partial charge is 0.497 e. The highest BCUT2D eigenvalue weighted by Crippen LogP contribution is 2.32. The maximum Gasteiger partial charge on any atom is 0.119 e. The molecule has 0 fully saturated rings. The summed E-state index contributed by atoms with van der Waals surface area (Å²) >= 11 is 1.89. The Kier molecular flexibility index (Phi) is 3.21. The van der Waals surface area contributed by atoms with Gasteiger partial charge in [0.25, 0.3) is 0 Å². The third kappa shape index (κ3) is 2.69. The number of rotatable bonds is 3. The lowest BCUT2D eigenvalue weighted by molar-refractivity contribution is 0.415. The second kappa shape index (κ2) is 4.62. The van der Waals surface area contributed by atoms with Gasteiger partial charge >= 0.3 is 0 Å². The molecule has 1 heterocycles. The van der Waals surface area contributed by atoms with Crippen molar-refractivity contribution >= 4 is 17.4 Å². The Labute approximate surface area is 94.7 Å². The molecule has 1 unspecified atom stereocenters. The van der Waals surface area contributed by atoms with Gasteiger partial charge in [-0.1, -0.05) is 13.0 Å². The van der Waals surface area contributed by atoms with Crippen LogP contribution in [-0.4, -0.2) is 12.4 Å². The summed E-state index contributed by atoms with van der Waals surface area (Å²) in [7, 11) is 1.68. The molecule has 0 bridgehead atoms. The van der Waals surface area contributed by atoms with E-state index in [2.05, 4.69) is 18.3 Å². The number of anilines is 1.